The van der Waals surface area contributed by atoms with Crippen molar-refractivity contribution in [2.45, 2.75) is 24.5 Å². The van der Waals surface area contributed by atoms with E-state index >= 15 is 0 Å². The van der Waals surface area contributed by atoms with Crippen LogP contribution < -0.4 is 11.1 Å². The van der Waals surface area contributed by atoms with Crippen molar-refractivity contribution in [3.63, 3.8) is 0 Å². The summed E-state index contributed by atoms with van der Waals surface area (Å²) >= 11 is 0. The zero-order valence-corrected chi connectivity index (χ0v) is 13.5. The Hall–Kier alpha value is -1.89. The van der Waals surface area contributed by atoms with Gasteiger partial charge in [-0.25, -0.2) is 15.0 Å². The third-order valence-electron chi connectivity index (χ3n) is 3.95. The van der Waals surface area contributed by atoms with E-state index in [1.54, 1.807) is 0 Å². The van der Waals surface area contributed by atoms with E-state index in [-0.39, 0.29) is 0 Å². The number of hydrogen-bond donors (Lipinski definition) is 5. The molecular weight excluding hydrogens is 332 g/mol. The molecule has 1 saturated heterocycles. The summed E-state index contributed by atoms with van der Waals surface area (Å²) in [4.78, 5) is 12.6. The van der Waals surface area contributed by atoms with Gasteiger partial charge in [0.1, 0.15) is 24.6 Å². The first-order valence-corrected chi connectivity index (χ1v) is 7.99. The van der Waals surface area contributed by atoms with Crippen LogP contribution in [0.4, 0.5) is 5.82 Å². The van der Waals surface area contributed by atoms with Gasteiger partial charge in [0.15, 0.2) is 23.2 Å². The molecule has 0 aliphatic carbocycles. The lowest BCUT2D eigenvalue weighted by Gasteiger charge is -2.16. The van der Waals surface area contributed by atoms with Gasteiger partial charge in [-0.15, -0.1) is 0 Å². The maximum atomic E-state index is 10.2. The van der Waals surface area contributed by atoms with E-state index in [4.69, 9.17) is 15.2 Å². The highest BCUT2D eigenvalue weighted by Crippen LogP contribution is 2.31. The quantitative estimate of drug-likeness (QED) is 0.330. The summed E-state index contributed by atoms with van der Waals surface area (Å²) in [5.41, 5.74) is 6.29. The summed E-state index contributed by atoms with van der Waals surface area (Å²) in [7, 11) is 0. The first-order valence-electron chi connectivity index (χ1n) is 7.99. The normalized spacial score (nSPS) is 26.4. The average molecular weight is 354 g/mol. The summed E-state index contributed by atoms with van der Waals surface area (Å²) in [6, 6.07) is 0. The molecule has 1 aliphatic rings. The lowest BCUT2D eigenvalue weighted by molar-refractivity contribution is -0.0511. The lowest BCUT2D eigenvalue weighted by Crippen LogP contribution is -2.33. The molecule has 4 atom stereocenters. The fraction of sp³-hybridized carbons (Fsp3) is 0.643. The van der Waals surface area contributed by atoms with Crippen LogP contribution in [0.3, 0.4) is 0 Å². The molecular formula is C14H22N6O5. The number of ether oxygens (including phenoxy) is 2. The molecule has 0 unspecified atom stereocenters. The topological polar surface area (TPSA) is 161 Å². The Kier molecular flexibility index (Phi) is 5.73. The molecule has 1 fully saturated rings. The van der Waals surface area contributed by atoms with Gasteiger partial charge in [0.05, 0.1) is 26.1 Å². The molecule has 0 aromatic carbocycles. The van der Waals surface area contributed by atoms with Crippen LogP contribution in [0.5, 0.6) is 0 Å². The van der Waals surface area contributed by atoms with E-state index in [2.05, 4.69) is 20.3 Å². The maximum absolute atomic E-state index is 10.2. The Balaban J connectivity index is 1.77. The van der Waals surface area contributed by atoms with Gasteiger partial charge in [-0.05, 0) is 0 Å². The molecule has 0 amide bonds. The number of aliphatic hydroxyl groups excluding tert-OH is 3. The number of rotatable bonds is 8. The number of aromatic nitrogens is 4. The number of fused-ring (bicyclic) bond motifs is 1. The fourth-order valence-corrected chi connectivity index (χ4v) is 2.70. The largest absolute Gasteiger partial charge is 0.394 e. The Bertz CT molecular complexity index is 697. The summed E-state index contributed by atoms with van der Waals surface area (Å²) in [6.07, 6.45) is -1.33. The minimum absolute atomic E-state index is 0.397. The number of anilines is 1. The molecule has 0 spiro atoms. The molecule has 11 nitrogen and oxygen atoms in total. The van der Waals surface area contributed by atoms with E-state index in [0.717, 1.165) is 0 Å². The number of nitrogens with two attached hydrogens (primary N) is 1. The molecule has 2 aromatic rings. The molecule has 3 heterocycles. The van der Waals surface area contributed by atoms with Crippen molar-refractivity contribution in [2.75, 3.05) is 38.2 Å². The highest BCUT2D eigenvalue weighted by molar-refractivity contribution is 5.82. The molecule has 0 saturated carbocycles. The predicted molar refractivity (Wildman–Crippen MR) is 86.7 cm³/mol. The molecule has 1 aliphatic heterocycles. The Morgan fingerprint density at radius 2 is 2.08 bits per heavy atom. The van der Waals surface area contributed by atoms with E-state index in [9.17, 15) is 15.3 Å². The van der Waals surface area contributed by atoms with Gasteiger partial charge in [-0.1, -0.05) is 0 Å². The summed E-state index contributed by atoms with van der Waals surface area (Å²) in [6.45, 7) is 1.55. The van der Waals surface area contributed by atoms with Gasteiger partial charge >= 0.3 is 0 Å². The van der Waals surface area contributed by atoms with Crippen molar-refractivity contribution >= 4 is 17.0 Å². The van der Waals surface area contributed by atoms with E-state index in [1.807, 2.05) is 0 Å². The predicted octanol–water partition coefficient (Wildman–Crippen LogP) is -2.17. The fourth-order valence-electron chi connectivity index (χ4n) is 2.70. The van der Waals surface area contributed by atoms with Crippen LogP contribution in [0.15, 0.2) is 12.7 Å². The molecule has 138 valence electrons. The molecule has 6 N–H and O–H groups in total. The minimum atomic E-state index is -1.20. The second kappa shape index (κ2) is 7.99. The molecule has 0 bridgehead atoms. The van der Waals surface area contributed by atoms with Crippen molar-refractivity contribution < 1.29 is 24.8 Å². The lowest BCUT2D eigenvalue weighted by atomic mass is 10.1. The Morgan fingerprint density at radius 1 is 1.24 bits per heavy atom. The van der Waals surface area contributed by atoms with Crippen LogP contribution in [0, 0.1) is 0 Å². The van der Waals surface area contributed by atoms with Crippen LogP contribution in [-0.4, -0.2) is 86.1 Å². The minimum Gasteiger partial charge on any atom is -0.394 e. The summed E-state index contributed by atoms with van der Waals surface area (Å²) < 4.78 is 12.3. The van der Waals surface area contributed by atoms with Gasteiger partial charge in [-0.3, -0.25) is 4.57 Å². The van der Waals surface area contributed by atoms with E-state index < -0.39 is 31.1 Å². The molecule has 25 heavy (non-hydrogen) atoms. The number of imidazole rings is 1. The highest BCUT2D eigenvalue weighted by atomic mass is 16.6. The van der Waals surface area contributed by atoms with Gasteiger partial charge in [-0.2, -0.15) is 0 Å². The van der Waals surface area contributed by atoms with Crippen molar-refractivity contribution in [3.05, 3.63) is 12.7 Å². The van der Waals surface area contributed by atoms with Gasteiger partial charge in [0.2, 0.25) is 0 Å². The third kappa shape index (κ3) is 3.56. The molecule has 2 aromatic heterocycles. The van der Waals surface area contributed by atoms with Crippen molar-refractivity contribution in [1.29, 1.82) is 0 Å². The van der Waals surface area contributed by atoms with Gasteiger partial charge < -0.3 is 35.8 Å². The third-order valence-corrected chi connectivity index (χ3v) is 3.95. The number of nitrogens with zero attached hydrogens (tertiary/aromatic N) is 4. The molecule has 11 heteroatoms. The van der Waals surface area contributed by atoms with Crippen molar-refractivity contribution in [2.24, 2.45) is 5.73 Å². The van der Waals surface area contributed by atoms with Crippen LogP contribution in [-0.2, 0) is 9.47 Å². The second-order valence-electron chi connectivity index (χ2n) is 5.60. The average Bonchev–Trinajstić information content (AvgIpc) is 3.17. The monoisotopic (exact) mass is 354 g/mol. The Labute approximate surface area is 143 Å². The summed E-state index contributed by atoms with van der Waals surface area (Å²) in [5, 5.41) is 32.4. The number of aliphatic hydroxyl groups is 3. The first kappa shape index (κ1) is 17.9. The highest BCUT2D eigenvalue weighted by Gasteiger charge is 2.44. The van der Waals surface area contributed by atoms with Crippen molar-refractivity contribution in [1.82, 2.24) is 19.5 Å². The second-order valence-corrected chi connectivity index (χ2v) is 5.60. The smallest absolute Gasteiger partial charge is 0.167 e. The first-order chi connectivity index (χ1) is 12.2. The van der Waals surface area contributed by atoms with Crippen LogP contribution in [0.2, 0.25) is 0 Å². The van der Waals surface area contributed by atoms with Crippen molar-refractivity contribution in [3.8, 4) is 0 Å². The zero-order valence-electron chi connectivity index (χ0n) is 13.5. The van der Waals surface area contributed by atoms with Gasteiger partial charge in [0.25, 0.3) is 0 Å². The number of nitrogens with one attached hydrogen (secondary N) is 1. The Morgan fingerprint density at radius 3 is 2.80 bits per heavy atom. The van der Waals surface area contributed by atoms with Gasteiger partial charge in [0, 0.05) is 13.1 Å². The van der Waals surface area contributed by atoms with Crippen LogP contribution in [0.25, 0.3) is 11.2 Å². The van der Waals surface area contributed by atoms with E-state index in [1.165, 1.54) is 17.2 Å². The van der Waals surface area contributed by atoms with E-state index in [0.29, 0.717) is 43.3 Å². The summed E-state index contributed by atoms with van der Waals surface area (Å²) in [5.74, 6) is 0.520. The SMILES string of the molecule is NCCOCCNc1ncnc2c1ncn2[C@@H]1O[C@H](CO)[C@@H](O)[C@H]1O. The van der Waals surface area contributed by atoms with Crippen LogP contribution >= 0.6 is 0 Å². The standard InChI is InChI=1S/C14H22N6O5/c15-1-3-24-4-2-16-12-9-13(18-6-17-12)20(7-19-9)14-11(23)10(22)8(5-21)25-14/h6-8,10-11,14,21-23H,1-5,15H2,(H,16,17,18)/t8-,10-,11-,14-/m1/s1. The zero-order chi connectivity index (χ0) is 17.8. The maximum Gasteiger partial charge on any atom is 0.167 e. The molecule has 0 radical (unpaired) electrons. The van der Waals surface area contributed by atoms with Crippen LogP contribution in [0.1, 0.15) is 6.23 Å². The molecule has 3 rings (SSSR count). The number of hydrogen-bond acceptors (Lipinski definition) is 10.